The van der Waals surface area contributed by atoms with Gasteiger partial charge in [0.1, 0.15) is 17.5 Å². The third-order valence-corrected chi connectivity index (χ3v) is 5.51. The van der Waals surface area contributed by atoms with Gasteiger partial charge in [-0.25, -0.2) is 4.79 Å². The maximum atomic E-state index is 13.1. The predicted octanol–water partition coefficient (Wildman–Crippen LogP) is 5.13. The van der Waals surface area contributed by atoms with E-state index < -0.39 is 23.8 Å². The first-order chi connectivity index (χ1) is 18.5. The summed E-state index contributed by atoms with van der Waals surface area (Å²) in [4.78, 5) is 37.1. The number of ether oxygens (including phenoxy) is 2. The lowest BCUT2D eigenvalue weighted by Gasteiger charge is -2.19. The van der Waals surface area contributed by atoms with Crippen LogP contribution in [-0.4, -0.2) is 35.5 Å². The Balaban J connectivity index is 1.42. The summed E-state index contributed by atoms with van der Waals surface area (Å²) >= 11 is 0. The second kappa shape index (κ2) is 12.8. The van der Waals surface area contributed by atoms with E-state index in [0.717, 1.165) is 5.56 Å². The Hall–Kier alpha value is -4.95. The van der Waals surface area contributed by atoms with Crippen molar-refractivity contribution in [3.05, 3.63) is 126 Å². The number of para-hydroxylation sites is 1. The van der Waals surface area contributed by atoms with Crippen LogP contribution in [0.3, 0.4) is 0 Å². The Morgan fingerprint density at radius 2 is 1.29 bits per heavy atom. The zero-order valence-electron chi connectivity index (χ0n) is 20.4. The molecule has 0 heterocycles. The summed E-state index contributed by atoms with van der Waals surface area (Å²) in [6, 6.07) is 30.1. The third-order valence-electron chi connectivity index (χ3n) is 5.51. The molecule has 2 amide bonds. The summed E-state index contributed by atoms with van der Waals surface area (Å²) in [6.07, 6.45) is 0. The van der Waals surface area contributed by atoms with Gasteiger partial charge in [-0.1, -0.05) is 48.5 Å². The maximum absolute atomic E-state index is 13.1. The molecular weight excluding hydrogens is 484 g/mol. The molecule has 0 saturated carbocycles. The quantitative estimate of drug-likeness (QED) is 0.258. The normalized spacial score (nSPS) is 11.3. The number of hydrogen-bond acceptors (Lipinski definition) is 5. The van der Waals surface area contributed by atoms with Gasteiger partial charge in [-0.3, -0.25) is 9.59 Å². The third kappa shape index (κ3) is 7.52. The smallest absolute Gasteiger partial charge is 0.335 e. The van der Waals surface area contributed by atoms with Crippen LogP contribution in [0.1, 0.15) is 26.3 Å². The van der Waals surface area contributed by atoms with E-state index in [2.05, 4.69) is 10.6 Å². The molecule has 0 aliphatic carbocycles. The number of carbonyl (C=O) groups is 3. The van der Waals surface area contributed by atoms with E-state index in [4.69, 9.17) is 14.6 Å². The zero-order valence-corrected chi connectivity index (χ0v) is 20.4. The summed E-state index contributed by atoms with van der Waals surface area (Å²) in [5.74, 6) is -0.792. The van der Waals surface area contributed by atoms with Crippen LogP contribution >= 0.6 is 0 Å². The molecule has 4 aromatic carbocycles. The van der Waals surface area contributed by atoms with Crippen LogP contribution in [0, 0.1) is 0 Å². The molecule has 4 aromatic rings. The summed E-state index contributed by atoms with van der Waals surface area (Å²) in [6.45, 7) is 0.189. The van der Waals surface area contributed by atoms with Gasteiger partial charge in [-0.2, -0.15) is 0 Å². The number of aromatic carboxylic acids is 1. The van der Waals surface area contributed by atoms with Crippen molar-refractivity contribution in [2.45, 2.75) is 12.6 Å². The Morgan fingerprint density at radius 3 is 1.92 bits per heavy atom. The van der Waals surface area contributed by atoms with Crippen molar-refractivity contribution in [2.24, 2.45) is 0 Å². The minimum atomic E-state index is -1.09. The number of amides is 2. The molecule has 1 unspecified atom stereocenters. The minimum absolute atomic E-state index is 0.0572. The summed E-state index contributed by atoms with van der Waals surface area (Å²) < 4.78 is 11.5. The number of carbonyl (C=O) groups excluding carboxylic acids is 2. The van der Waals surface area contributed by atoms with Crippen molar-refractivity contribution in [3.63, 3.8) is 0 Å². The van der Waals surface area contributed by atoms with Gasteiger partial charge in [0, 0.05) is 11.3 Å². The highest BCUT2D eigenvalue weighted by Crippen LogP contribution is 2.22. The minimum Gasteiger partial charge on any atom is -0.478 e. The SMILES string of the molecule is O=C(O)c1ccc(C(=O)NC(COCc2ccccc2)C(=O)Nc2ccc(Oc3ccccc3)cc2)cc1. The largest absolute Gasteiger partial charge is 0.478 e. The maximum Gasteiger partial charge on any atom is 0.335 e. The molecule has 192 valence electrons. The van der Waals surface area contributed by atoms with Crippen LogP contribution in [0.25, 0.3) is 0 Å². The van der Waals surface area contributed by atoms with Gasteiger partial charge in [0.2, 0.25) is 5.91 Å². The fourth-order valence-corrected chi connectivity index (χ4v) is 3.52. The topological polar surface area (TPSA) is 114 Å². The lowest BCUT2D eigenvalue weighted by atomic mass is 10.1. The van der Waals surface area contributed by atoms with E-state index in [1.54, 1.807) is 24.3 Å². The Bertz CT molecular complexity index is 1360. The number of hydrogen-bond donors (Lipinski definition) is 3. The fraction of sp³-hybridized carbons (Fsp3) is 0.100. The van der Waals surface area contributed by atoms with Crippen LogP contribution in [0.5, 0.6) is 11.5 Å². The molecule has 38 heavy (non-hydrogen) atoms. The highest BCUT2D eigenvalue weighted by molar-refractivity contribution is 6.01. The highest BCUT2D eigenvalue weighted by Gasteiger charge is 2.22. The van der Waals surface area contributed by atoms with E-state index in [9.17, 15) is 14.4 Å². The molecule has 0 aromatic heterocycles. The van der Waals surface area contributed by atoms with Crippen LogP contribution in [-0.2, 0) is 16.1 Å². The molecule has 0 aliphatic heterocycles. The van der Waals surface area contributed by atoms with Crippen molar-refractivity contribution in [2.75, 3.05) is 11.9 Å². The van der Waals surface area contributed by atoms with E-state index >= 15 is 0 Å². The van der Waals surface area contributed by atoms with E-state index in [1.165, 1.54) is 24.3 Å². The summed E-state index contributed by atoms with van der Waals surface area (Å²) in [5.41, 5.74) is 1.72. The highest BCUT2D eigenvalue weighted by atomic mass is 16.5. The van der Waals surface area contributed by atoms with E-state index in [1.807, 2.05) is 60.7 Å². The van der Waals surface area contributed by atoms with Gasteiger partial charge in [0.05, 0.1) is 18.8 Å². The van der Waals surface area contributed by atoms with Gasteiger partial charge in [0.15, 0.2) is 0 Å². The predicted molar refractivity (Wildman–Crippen MR) is 142 cm³/mol. The van der Waals surface area contributed by atoms with E-state index in [0.29, 0.717) is 17.2 Å². The Labute approximate surface area is 219 Å². The zero-order chi connectivity index (χ0) is 26.7. The Morgan fingerprint density at radius 1 is 0.711 bits per heavy atom. The van der Waals surface area contributed by atoms with Gasteiger partial charge in [-0.15, -0.1) is 0 Å². The monoisotopic (exact) mass is 510 g/mol. The lowest BCUT2D eigenvalue weighted by Crippen LogP contribution is -2.46. The van der Waals surface area contributed by atoms with Crippen LogP contribution < -0.4 is 15.4 Å². The van der Waals surface area contributed by atoms with E-state index in [-0.39, 0.29) is 24.3 Å². The molecule has 0 fully saturated rings. The molecular formula is C30H26N2O6. The van der Waals surface area contributed by atoms with Crippen molar-refractivity contribution >= 4 is 23.5 Å². The number of nitrogens with one attached hydrogen (secondary N) is 2. The fourth-order valence-electron chi connectivity index (χ4n) is 3.52. The molecule has 8 heteroatoms. The molecule has 3 N–H and O–H groups in total. The average molecular weight is 511 g/mol. The molecule has 0 radical (unpaired) electrons. The van der Waals surface area contributed by atoms with Crippen molar-refractivity contribution < 1.29 is 29.0 Å². The molecule has 1 atom stereocenters. The Kier molecular flexibility index (Phi) is 8.83. The first-order valence-corrected chi connectivity index (χ1v) is 11.9. The second-order valence-electron chi connectivity index (χ2n) is 8.34. The summed E-state index contributed by atoms with van der Waals surface area (Å²) in [5, 5.41) is 14.6. The molecule has 0 bridgehead atoms. The number of rotatable bonds is 11. The van der Waals surface area contributed by atoms with Gasteiger partial charge >= 0.3 is 5.97 Å². The van der Waals surface area contributed by atoms with Crippen molar-refractivity contribution in [1.29, 1.82) is 0 Å². The van der Waals surface area contributed by atoms with Crippen LogP contribution in [0.2, 0.25) is 0 Å². The molecule has 0 aliphatic rings. The molecule has 0 spiro atoms. The number of carboxylic acid groups (broad SMARTS) is 1. The van der Waals surface area contributed by atoms with Crippen LogP contribution in [0.15, 0.2) is 109 Å². The van der Waals surface area contributed by atoms with Crippen molar-refractivity contribution in [3.8, 4) is 11.5 Å². The van der Waals surface area contributed by atoms with Gasteiger partial charge < -0.3 is 25.2 Å². The van der Waals surface area contributed by atoms with Crippen LogP contribution in [0.4, 0.5) is 5.69 Å². The second-order valence-corrected chi connectivity index (χ2v) is 8.34. The number of anilines is 1. The first kappa shape index (κ1) is 26.1. The van der Waals surface area contributed by atoms with Gasteiger partial charge in [-0.05, 0) is 66.2 Å². The average Bonchev–Trinajstić information content (AvgIpc) is 2.94. The standard InChI is InChI=1S/C30H26N2O6/c33-28(22-11-13-23(14-12-22)30(35)36)32-27(20-37-19-21-7-3-1-4-8-21)29(34)31-24-15-17-26(18-16-24)38-25-9-5-2-6-10-25/h1-18,27H,19-20H2,(H,31,34)(H,32,33)(H,35,36). The number of benzene rings is 4. The molecule has 4 rings (SSSR count). The van der Waals surface area contributed by atoms with Gasteiger partial charge in [0.25, 0.3) is 5.91 Å². The summed E-state index contributed by atoms with van der Waals surface area (Å²) in [7, 11) is 0. The lowest BCUT2D eigenvalue weighted by molar-refractivity contribution is -0.119. The number of carboxylic acids is 1. The van der Waals surface area contributed by atoms with Crippen molar-refractivity contribution in [1.82, 2.24) is 5.32 Å². The first-order valence-electron chi connectivity index (χ1n) is 11.9. The molecule has 8 nitrogen and oxygen atoms in total. The molecule has 0 saturated heterocycles.